The summed E-state index contributed by atoms with van der Waals surface area (Å²) in [6, 6.07) is 13.5. The third kappa shape index (κ3) is 4.14. The van der Waals surface area contributed by atoms with Crippen molar-refractivity contribution in [3.05, 3.63) is 69.2 Å². The van der Waals surface area contributed by atoms with Crippen LogP contribution in [0.25, 0.3) is 0 Å². The minimum absolute atomic E-state index is 0.0979. The SMILES string of the molecule is CC(c1ccc(Cl)cc1)N(C(=O)COc1ccccc1[N+](=O)[O-])C1CC1. The summed E-state index contributed by atoms with van der Waals surface area (Å²) in [6.45, 7) is 1.73. The molecule has 1 aliphatic rings. The van der Waals surface area contributed by atoms with Crippen LogP contribution in [0.1, 0.15) is 31.4 Å². The smallest absolute Gasteiger partial charge is 0.310 e. The van der Waals surface area contributed by atoms with Gasteiger partial charge in [-0.05, 0) is 43.5 Å². The molecule has 1 atom stereocenters. The number of ether oxygens (including phenoxy) is 1. The molecule has 0 heterocycles. The van der Waals surface area contributed by atoms with Crippen LogP contribution in [0.15, 0.2) is 48.5 Å². The topological polar surface area (TPSA) is 72.7 Å². The van der Waals surface area contributed by atoms with Crippen LogP contribution in [0, 0.1) is 10.1 Å². The summed E-state index contributed by atoms with van der Waals surface area (Å²) in [6.07, 6.45) is 1.91. The molecule has 2 aromatic rings. The Kier molecular flexibility index (Phi) is 5.42. The second-order valence-corrected chi connectivity index (χ2v) is 6.71. The van der Waals surface area contributed by atoms with Gasteiger partial charge in [-0.25, -0.2) is 0 Å². The predicted molar refractivity (Wildman–Crippen MR) is 98.3 cm³/mol. The fraction of sp³-hybridized carbons (Fsp3) is 0.316. The number of amides is 1. The Hall–Kier alpha value is -2.60. The van der Waals surface area contributed by atoms with Crippen LogP contribution in [0.5, 0.6) is 5.75 Å². The van der Waals surface area contributed by atoms with E-state index < -0.39 is 4.92 Å². The van der Waals surface area contributed by atoms with Gasteiger partial charge in [0.2, 0.25) is 0 Å². The van der Waals surface area contributed by atoms with Gasteiger partial charge in [-0.3, -0.25) is 14.9 Å². The Bertz CT molecular complexity index is 805. The first-order chi connectivity index (χ1) is 12.5. The fourth-order valence-electron chi connectivity index (χ4n) is 2.93. The monoisotopic (exact) mass is 374 g/mol. The average Bonchev–Trinajstić information content (AvgIpc) is 3.45. The lowest BCUT2D eigenvalue weighted by molar-refractivity contribution is -0.385. The van der Waals surface area contributed by atoms with Gasteiger partial charge in [-0.2, -0.15) is 0 Å². The molecule has 0 bridgehead atoms. The van der Waals surface area contributed by atoms with Crippen LogP contribution in [-0.4, -0.2) is 28.4 Å². The van der Waals surface area contributed by atoms with E-state index in [1.165, 1.54) is 12.1 Å². The highest BCUT2D eigenvalue weighted by molar-refractivity contribution is 6.30. The molecule has 1 saturated carbocycles. The van der Waals surface area contributed by atoms with Crippen molar-refractivity contribution in [2.75, 3.05) is 6.61 Å². The van der Waals surface area contributed by atoms with Crippen LogP contribution in [0.4, 0.5) is 5.69 Å². The van der Waals surface area contributed by atoms with Crippen molar-refractivity contribution >= 4 is 23.2 Å². The van der Waals surface area contributed by atoms with E-state index in [2.05, 4.69) is 0 Å². The number of halogens is 1. The molecular weight excluding hydrogens is 356 g/mol. The highest BCUT2D eigenvalue weighted by atomic mass is 35.5. The van der Waals surface area contributed by atoms with Gasteiger partial charge in [0.05, 0.1) is 11.0 Å². The van der Waals surface area contributed by atoms with Gasteiger partial charge >= 0.3 is 5.69 Å². The summed E-state index contributed by atoms with van der Waals surface area (Å²) in [5.74, 6) is -0.0890. The first-order valence-electron chi connectivity index (χ1n) is 8.40. The summed E-state index contributed by atoms with van der Waals surface area (Å²) in [5.41, 5.74) is 0.837. The highest BCUT2D eigenvalue weighted by Gasteiger charge is 2.36. The summed E-state index contributed by atoms with van der Waals surface area (Å²) in [5, 5.41) is 11.7. The van der Waals surface area contributed by atoms with Gasteiger partial charge in [-0.1, -0.05) is 35.9 Å². The van der Waals surface area contributed by atoms with E-state index in [0.717, 1.165) is 18.4 Å². The van der Waals surface area contributed by atoms with E-state index in [1.54, 1.807) is 29.2 Å². The molecule has 1 fully saturated rings. The zero-order valence-electron chi connectivity index (χ0n) is 14.3. The third-order valence-electron chi connectivity index (χ3n) is 4.41. The normalized spacial score (nSPS) is 14.5. The van der Waals surface area contributed by atoms with Crippen LogP contribution in [0.2, 0.25) is 5.02 Å². The molecule has 0 aliphatic heterocycles. The van der Waals surface area contributed by atoms with Gasteiger partial charge in [0.25, 0.3) is 5.91 Å². The number of carbonyl (C=O) groups is 1. The zero-order chi connectivity index (χ0) is 18.7. The molecule has 1 unspecified atom stereocenters. The van der Waals surface area contributed by atoms with Crippen molar-refractivity contribution in [2.24, 2.45) is 0 Å². The van der Waals surface area contributed by atoms with Gasteiger partial charge in [-0.15, -0.1) is 0 Å². The summed E-state index contributed by atoms with van der Waals surface area (Å²) >= 11 is 5.94. The second kappa shape index (κ2) is 7.74. The molecule has 2 aromatic carbocycles. The number of hydrogen-bond donors (Lipinski definition) is 0. The molecule has 0 aromatic heterocycles. The largest absolute Gasteiger partial charge is 0.477 e. The number of nitrogens with zero attached hydrogens (tertiary/aromatic N) is 2. The van der Waals surface area contributed by atoms with Crippen molar-refractivity contribution in [3.8, 4) is 5.75 Å². The van der Waals surface area contributed by atoms with Gasteiger partial charge in [0.1, 0.15) is 0 Å². The van der Waals surface area contributed by atoms with Crippen LogP contribution in [0.3, 0.4) is 0 Å². The third-order valence-corrected chi connectivity index (χ3v) is 4.66. The van der Waals surface area contributed by atoms with Crippen LogP contribution < -0.4 is 4.74 Å². The number of hydrogen-bond acceptors (Lipinski definition) is 4. The van der Waals surface area contributed by atoms with Gasteiger partial charge < -0.3 is 9.64 Å². The van der Waals surface area contributed by atoms with Crippen LogP contribution in [-0.2, 0) is 4.79 Å². The van der Waals surface area contributed by atoms with Crippen molar-refractivity contribution < 1.29 is 14.5 Å². The molecule has 0 spiro atoms. The first-order valence-corrected chi connectivity index (χ1v) is 8.78. The summed E-state index contributed by atoms with van der Waals surface area (Å²) in [7, 11) is 0. The van der Waals surface area contributed by atoms with Gasteiger partial charge in [0, 0.05) is 17.1 Å². The number of carbonyl (C=O) groups excluding carboxylic acids is 1. The average molecular weight is 375 g/mol. The Labute approximate surface area is 156 Å². The predicted octanol–water partition coefficient (Wildman–Crippen LogP) is 4.38. The van der Waals surface area contributed by atoms with Crippen molar-refractivity contribution in [1.82, 2.24) is 4.90 Å². The molecule has 1 amide bonds. The summed E-state index contributed by atoms with van der Waals surface area (Å²) < 4.78 is 5.47. The molecule has 7 heteroatoms. The number of para-hydroxylation sites is 2. The van der Waals surface area contributed by atoms with E-state index in [0.29, 0.717) is 5.02 Å². The Morgan fingerprint density at radius 1 is 1.27 bits per heavy atom. The molecule has 0 radical (unpaired) electrons. The zero-order valence-corrected chi connectivity index (χ0v) is 15.1. The van der Waals surface area contributed by atoms with Crippen LogP contribution >= 0.6 is 11.6 Å². The van der Waals surface area contributed by atoms with Crippen molar-refractivity contribution in [2.45, 2.75) is 31.8 Å². The maximum atomic E-state index is 12.8. The lowest BCUT2D eigenvalue weighted by Gasteiger charge is -2.29. The number of benzene rings is 2. The fourth-order valence-corrected chi connectivity index (χ4v) is 3.06. The molecular formula is C19H19ClN2O4. The first kappa shape index (κ1) is 18.2. The number of nitro benzene ring substituents is 1. The number of nitro groups is 1. The minimum Gasteiger partial charge on any atom is -0.477 e. The highest BCUT2D eigenvalue weighted by Crippen LogP contribution is 2.35. The quantitative estimate of drug-likeness (QED) is 0.532. The maximum Gasteiger partial charge on any atom is 0.310 e. The Balaban J connectivity index is 1.72. The maximum absolute atomic E-state index is 12.8. The lowest BCUT2D eigenvalue weighted by atomic mass is 10.1. The molecule has 0 saturated heterocycles. The standard InChI is InChI=1S/C19H19ClN2O4/c1-13(14-6-8-15(20)9-7-14)21(16-10-11-16)19(23)12-26-18-5-3-2-4-17(18)22(24)25/h2-9,13,16H,10-12H2,1H3. The van der Waals surface area contributed by atoms with E-state index in [9.17, 15) is 14.9 Å². The minimum atomic E-state index is -0.519. The van der Waals surface area contributed by atoms with E-state index in [4.69, 9.17) is 16.3 Å². The van der Waals surface area contributed by atoms with Crippen molar-refractivity contribution in [3.63, 3.8) is 0 Å². The van der Waals surface area contributed by atoms with E-state index in [1.807, 2.05) is 19.1 Å². The Morgan fingerprint density at radius 2 is 1.92 bits per heavy atom. The van der Waals surface area contributed by atoms with Crippen molar-refractivity contribution in [1.29, 1.82) is 0 Å². The second-order valence-electron chi connectivity index (χ2n) is 6.27. The molecule has 6 nitrogen and oxygen atoms in total. The summed E-state index contributed by atoms with van der Waals surface area (Å²) in [4.78, 5) is 25.1. The Morgan fingerprint density at radius 3 is 2.54 bits per heavy atom. The molecule has 3 rings (SSSR count). The van der Waals surface area contributed by atoms with E-state index in [-0.39, 0.29) is 36.0 Å². The molecule has 1 aliphatic carbocycles. The number of rotatable bonds is 7. The van der Waals surface area contributed by atoms with Gasteiger partial charge in [0.15, 0.2) is 12.4 Å². The lowest BCUT2D eigenvalue weighted by Crippen LogP contribution is -2.38. The molecule has 0 N–H and O–H groups in total. The molecule has 136 valence electrons. The molecule has 26 heavy (non-hydrogen) atoms. The van der Waals surface area contributed by atoms with E-state index >= 15 is 0 Å².